The van der Waals surface area contributed by atoms with Gasteiger partial charge in [-0.2, -0.15) is 0 Å². The van der Waals surface area contributed by atoms with E-state index in [9.17, 15) is 9.59 Å². The lowest BCUT2D eigenvalue weighted by Crippen LogP contribution is -2.33. The van der Waals surface area contributed by atoms with Gasteiger partial charge in [0.05, 0.1) is 11.8 Å². The van der Waals surface area contributed by atoms with Gasteiger partial charge in [0.15, 0.2) is 11.0 Å². The number of aryl methyl sites for hydroxylation is 1. The molecule has 1 heterocycles. The normalized spacial score (nSPS) is 11.9. The molecule has 0 bridgehead atoms. The molecule has 0 unspecified atom stereocenters. The van der Waals surface area contributed by atoms with Gasteiger partial charge in [0.25, 0.3) is 5.91 Å². The second kappa shape index (κ2) is 10.7. The quantitative estimate of drug-likeness (QED) is 0.467. The van der Waals surface area contributed by atoms with Gasteiger partial charge < -0.3 is 15.2 Å². The van der Waals surface area contributed by atoms with Crippen LogP contribution in [0.25, 0.3) is 0 Å². The van der Waals surface area contributed by atoms with Crippen LogP contribution in [0, 0.1) is 12.8 Å². The average molecular weight is 472 g/mol. The van der Waals surface area contributed by atoms with Crippen LogP contribution in [0.2, 0.25) is 5.02 Å². The van der Waals surface area contributed by atoms with Crippen LogP contribution in [0.4, 0.5) is 5.69 Å². The number of thioether (sulfide) groups is 1. The van der Waals surface area contributed by atoms with Gasteiger partial charge in [-0.25, -0.2) is 0 Å². The number of benzene rings is 2. The smallest absolute Gasteiger partial charge is 0.251 e. The number of nitrogens with zero attached hydrogens (tertiary/aromatic N) is 3. The van der Waals surface area contributed by atoms with Crippen LogP contribution in [0.3, 0.4) is 0 Å². The maximum atomic E-state index is 12.7. The van der Waals surface area contributed by atoms with Crippen molar-refractivity contribution in [1.29, 1.82) is 0 Å². The van der Waals surface area contributed by atoms with Crippen LogP contribution in [0.1, 0.15) is 41.6 Å². The van der Waals surface area contributed by atoms with Gasteiger partial charge in [-0.1, -0.05) is 54.9 Å². The molecule has 2 amide bonds. The molecule has 32 heavy (non-hydrogen) atoms. The van der Waals surface area contributed by atoms with Crippen molar-refractivity contribution in [3.05, 3.63) is 70.5 Å². The number of rotatable bonds is 8. The van der Waals surface area contributed by atoms with E-state index in [0.717, 1.165) is 11.3 Å². The van der Waals surface area contributed by atoms with E-state index in [1.807, 2.05) is 56.7 Å². The molecule has 0 fully saturated rings. The summed E-state index contributed by atoms with van der Waals surface area (Å²) in [5.41, 5.74) is 2.40. The molecule has 2 aromatic carbocycles. The number of carbonyl (C=O) groups excluding carboxylic acids is 2. The molecule has 0 saturated carbocycles. The maximum Gasteiger partial charge on any atom is 0.251 e. The Kier molecular flexibility index (Phi) is 7.93. The van der Waals surface area contributed by atoms with Crippen molar-refractivity contribution in [3.8, 4) is 0 Å². The van der Waals surface area contributed by atoms with E-state index in [2.05, 4.69) is 20.8 Å². The zero-order chi connectivity index (χ0) is 23.3. The number of aromatic nitrogens is 3. The number of nitrogens with one attached hydrogen (secondary N) is 2. The summed E-state index contributed by atoms with van der Waals surface area (Å²) in [6.07, 6.45) is 0. The van der Waals surface area contributed by atoms with Gasteiger partial charge in [-0.15, -0.1) is 10.2 Å². The van der Waals surface area contributed by atoms with E-state index in [1.165, 1.54) is 11.8 Å². The number of hydrogen-bond acceptors (Lipinski definition) is 5. The largest absolute Gasteiger partial charge is 0.342 e. The molecule has 168 valence electrons. The van der Waals surface area contributed by atoms with Crippen molar-refractivity contribution < 1.29 is 9.59 Å². The predicted octanol–water partition coefficient (Wildman–Crippen LogP) is 4.63. The van der Waals surface area contributed by atoms with Crippen LogP contribution < -0.4 is 10.6 Å². The number of carbonyl (C=O) groups is 2. The predicted molar refractivity (Wildman–Crippen MR) is 128 cm³/mol. The number of hydrogen-bond donors (Lipinski definition) is 2. The highest BCUT2D eigenvalue weighted by Gasteiger charge is 2.25. The Balaban J connectivity index is 1.65. The molecule has 3 rings (SSSR count). The molecule has 2 N–H and O–H groups in total. The molecule has 0 aliphatic heterocycles. The van der Waals surface area contributed by atoms with Crippen molar-refractivity contribution >= 4 is 40.9 Å². The highest BCUT2D eigenvalue weighted by atomic mass is 35.5. The van der Waals surface area contributed by atoms with Crippen LogP contribution in [-0.4, -0.2) is 32.3 Å². The Morgan fingerprint density at radius 2 is 1.72 bits per heavy atom. The Hall–Kier alpha value is -2.84. The Bertz CT molecular complexity index is 1080. The summed E-state index contributed by atoms with van der Waals surface area (Å²) in [6, 6.07) is 14.0. The second-order valence-corrected chi connectivity index (χ2v) is 9.18. The van der Waals surface area contributed by atoms with Gasteiger partial charge in [-0.3, -0.25) is 9.59 Å². The zero-order valence-corrected chi connectivity index (χ0v) is 20.0. The van der Waals surface area contributed by atoms with E-state index >= 15 is 0 Å². The monoisotopic (exact) mass is 471 g/mol. The van der Waals surface area contributed by atoms with E-state index in [1.54, 1.807) is 24.3 Å². The molecule has 9 heteroatoms. The van der Waals surface area contributed by atoms with Crippen molar-refractivity contribution in [2.24, 2.45) is 13.0 Å². The molecular formula is C23H26ClN5O2S. The summed E-state index contributed by atoms with van der Waals surface area (Å²) in [5, 5.41) is 15.6. The SMILES string of the molecule is Cc1ccc(NC(=O)CSc2nnc([C@H](NC(=O)c3ccc(Cl)cc3)C(C)C)n2C)cc1. The van der Waals surface area contributed by atoms with E-state index in [0.29, 0.717) is 21.6 Å². The van der Waals surface area contributed by atoms with Crippen LogP contribution in [0.15, 0.2) is 53.7 Å². The highest BCUT2D eigenvalue weighted by Crippen LogP contribution is 2.25. The van der Waals surface area contributed by atoms with Gasteiger partial charge in [-0.05, 0) is 49.2 Å². The minimum Gasteiger partial charge on any atom is -0.342 e. The molecule has 7 nitrogen and oxygen atoms in total. The molecule has 1 atom stereocenters. The number of halogens is 1. The molecule has 0 saturated heterocycles. The van der Waals surface area contributed by atoms with Gasteiger partial charge in [0.2, 0.25) is 5.91 Å². The molecule has 0 radical (unpaired) electrons. The third-order valence-electron chi connectivity index (χ3n) is 4.87. The Labute approximate surface area is 197 Å². The first-order chi connectivity index (χ1) is 15.2. The van der Waals surface area contributed by atoms with E-state index < -0.39 is 0 Å². The summed E-state index contributed by atoms with van der Waals surface area (Å²) in [4.78, 5) is 25.0. The first kappa shape index (κ1) is 23.8. The van der Waals surface area contributed by atoms with Crippen LogP contribution in [-0.2, 0) is 11.8 Å². The average Bonchev–Trinajstić information content (AvgIpc) is 3.12. The fourth-order valence-corrected chi connectivity index (χ4v) is 3.89. The molecule has 3 aromatic rings. The Morgan fingerprint density at radius 1 is 1.06 bits per heavy atom. The zero-order valence-electron chi connectivity index (χ0n) is 18.4. The van der Waals surface area contributed by atoms with Crippen molar-refractivity contribution in [3.63, 3.8) is 0 Å². The molecule has 0 spiro atoms. The van der Waals surface area contributed by atoms with Crippen molar-refractivity contribution in [1.82, 2.24) is 20.1 Å². The summed E-state index contributed by atoms with van der Waals surface area (Å²) in [5.74, 6) is 0.569. The second-order valence-electron chi connectivity index (χ2n) is 7.80. The third-order valence-corrected chi connectivity index (χ3v) is 6.15. The minimum atomic E-state index is -0.341. The summed E-state index contributed by atoms with van der Waals surface area (Å²) < 4.78 is 1.82. The lowest BCUT2D eigenvalue weighted by Gasteiger charge is -2.21. The number of amides is 2. The van der Waals surface area contributed by atoms with Crippen LogP contribution >= 0.6 is 23.4 Å². The van der Waals surface area contributed by atoms with Crippen molar-refractivity contribution in [2.75, 3.05) is 11.1 Å². The van der Waals surface area contributed by atoms with Gasteiger partial charge >= 0.3 is 0 Å². The van der Waals surface area contributed by atoms with Gasteiger partial charge in [0, 0.05) is 23.3 Å². The molecule has 0 aliphatic carbocycles. The highest BCUT2D eigenvalue weighted by molar-refractivity contribution is 7.99. The minimum absolute atomic E-state index is 0.0804. The summed E-state index contributed by atoms with van der Waals surface area (Å²) in [7, 11) is 1.83. The van der Waals surface area contributed by atoms with Gasteiger partial charge in [0.1, 0.15) is 0 Å². The standard InChI is InChI=1S/C23H26ClN5O2S/c1-14(2)20(26-22(31)16-7-9-17(24)10-8-16)21-27-28-23(29(21)4)32-13-19(30)25-18-11-5-15(3)6-12-18/h5-12,14,20H,13H2,1-4H3,(H,25,30)(H,26,31)/t20-/m1/s1. The topological polar surface area (TPSA) is 88.9 Å². The molecule has 0 aliphatic rings. The number of anilines is 1. The lowest BCUT2D eigenvalue weighted by atomic mass is 10.0. The first-order valence-electron chi connectivity index (χ1n) is 10.2. The maximum absolute atomic E-state index is 12.7. The fraction of sp³-hybridized carbons (Fsp3) is 0.304. The van der Waals surface area contributed by atoms with E-state index in [-0.39, 0.29) is 29.5 Å². The Morgan fingerprint density at radius 3 is 2.34 bits per heavy atom. The lowest BCUT2D eigenvalue weighted by molar-refractivity contribution is -0.113. The third kappa shape index (κ3) is 6.11. The summed E-state index contributed by atoms with van der Waals surface area (Å²) in [6.45, 7) is 6.00. The van der Waals surface area contributed by atoms with Crippen LogP contribution in [0.5, 0.6) is 0 Å². The summed E-state index contributed by atoms with van der Waals surface area (Å²) >= 11 is 7.21. The van der Waals surface area contributed by atoms with E-state index in [4.69, 9.17) is 11.6 Å². The fourth-order valence-electron chi connectivity index (χ4n) is 3.04. The first-order valence-corrected chi connectivity index (χ1v) is 11.6. The molecule has 1 aromatic heterocycles. The van der Waals surface area contributed by atoms with Crippen molar-refractivity contribution in [2.45, 2.75) is 32.0 Å². The molecular weight excluding hydrogens is 446 g/mol.